The molecule has 0 atom stereocenters. The molecule has 8 heteroatoms. The first-order valence-electron chi connectivity index (χ1n) is 11.0. The lowest BCUT2D eigenvalue weighted by molar-refractivity contribution is 0.0685. The van der Waals surface area contributed by atoms with Gasteiger partial charge in [-0.3, -0.25) is 4.79 Å². The Morgan fingerprint density at radius 3 is 2.73 bits per heavy atom. The molecule has 7 nitrogen and oxygen atoms in total. The maximum atomic E-state index is 13.5. The van der Waals surface area contributed by atoms with Gasteiger partial charge in [0.15, 0.2) is 5.69 Å². The van der Waals surface area contributed by atoms with Gasteiger partial charge in [0.2, 0.25) is 0 Å². The molecule has 1 amide bonds. The van der Waals surface area contributed by atoms with E-state index in [1.54, 1.807) is 31.2 Å². The molecule has 4 rings (SSSR count). The van der Waals surface area contributed by atoms with E-state index in [1.165, 1.54) is 16.8 Å². The highest BCUT2D eigenvalue weighted by molar-refractivity contribution is 5.95. The fourth-order valence-electron chi connectivity index (χ4n) is 4.18. The van der Waals surface area contributed by atoms with Crippen LogP contribution in [0.4, 0.5) is 4.39 Å². The molecule has 3 aromatic rings. The van der Waals surface area contributed by atoms with Gasteiger partial charge in [-0.1, -0.05) is 12.1 Å². The van der Waals surface area contributed by atoms with Crippen molar-refractivity contribution in [3.05, 3.63) is 75.9 Å². The van der Waals surface area contributed by atoms with Crippen LogP contribution in [0.3, 0.4) is 0 Å². The third-order valence-corrected chi connectivity index (χ3v) is 5.81. The largest absolute Gasteiger partial charge is 0.492 e. The molecule has 1 aliphatic rings. The highest BCUT2D eigenvalue weighted by atomic mass is 19.1. The third kappa shape index (κ3) is 4.60. The number of aromatic carboxylic acids is 1. The van der Waals surface area contributed by atoms with E-state index >= 15 is 0 Å². The van der Waals surface area contributed by atoms with Crippen LogP contribution in [-0.2, 0) is 19.4 Å². The van der Waals surface area contributed by atoms with Crippen LogP contribution in [0.15, 0.2) is 36.4 Å². The number of carboxylic acid groups (broad SMARTS) is 1. The molecule has 0 saturated heterocycles. The van der Waals surface area contributed by atoms with E-state index in [4.69, 9.17) is 4.74 Å². The van der Waals surface area contributed by atoms with Crippen molar-refractivity contribution < 1.29 is 23.8 Å². The van der Waals surface area contributed by atoms with Crippen molar-refractivity contribution in [1.82, 2.24) is 15.1 Å². The molecule has 1 heterocycles. The fraction of sp³-hybridized carbons (Fsp3) is 0.320. The summed E-state index contributed by atoms with van der Waals surface area (Å²) in [6, 6.07) is 9.41. The summed E-state index contributed by atoms with van der Waals surface area (Å²) in [6.07, 6.45) is 3.40. The molecular weight excluding hydrogens is 425 g/mol. The summed E-state index contributed by atoms with van der Waals surface area (Å²) in [5, 5.41) is 17.3. The molecule has 0 aliphatic heterocycles. The Labute approximate surface area is 191 Å². The number of nitrogens with zero attached hydrogens (tertiary/aromatic N) is 2. The summed E-state index contributed by atoms with van der Waals surface area (Å²) in [7, 11) is 0. The van der Waals surface area contributed by atoms with Crippen LogP contribution < -0.4 is 10.1 Å². The molecule has 0 bridgehead atoms. The molecule has 1 aliphatic carbocycles. The molecular formula is C25H26FN3O4. The number of carbonyl (C=O) groups excluding carboxylic acids is 1. The zero-order chi connectivity index (χ0) is 23.5. The van der Waals surface area contributed by atoms with Crippen LogP contribution in [-0.4, -0.2) is 33.4 Å². The molecule has 0 unspecified atom stereocenters. The number of aryl methyl sites for hydroxylation is 2. The number of hydrogen-bond donors (Lipinski definition) is 2. The predicted molar refractivity (Wildman–Crippen MR) is 121 cm³/mol. The average Bonchev–Trinajstić information content (AvgIpc) is 3.19. The number of amides is 1. The van der Waals surface area contributed by atoms with Gasteiger partial charge in [0.25, 0.3) is 5.91 Å². The number of nitrogens with one attached hydrogen (secondary N) is 1. The third-order valence-electron chi connectivity index (χ3n) is 5.81. The fourth-order valence-corrected chi connectivity index (χ4v) is 4.18. The standard InChI is InChI=1S/C25H26FN3O4/c1-3-33-22-12-16(14-27-24(30)19-13-17(26)10-8-15(19)2)9-11-21(22)29-23(25(31)32)18-6-4-5-7-20(18)28-29/h8-13H,3-7,14H2,1-2H3,(H,27,30)(H,31,32). The van der Waals surface area contributed by atoms with Crippen molar-refractivity contribution >= 4 is 11.9 Å². The second-order valence-corrected chi connectivity index (χ2v) is 8.07. The first kappa shape index (κ1) is 22.5. The van der Waals surface area contributed by atoms with Crippen LogP contribution in [0.25, 0.3) is 5.69 Å². The monoisotopic (exact) mass is 451 g/mol. The maximum absolute atomic E-state index is 13.5. The quantitative estimate of drug-likeness (QED) is 0.561. The van der Waals surface area contributed by atoms with E-state index in [2.05, 4.69) is 10.4 Å². The SMILES string of the molecule is CCOc1cc(CNC(=O)c2cc(F)ccc2C)ccc1-n1nc2c(c1C(=O)O)CCCC2. The molecule has 1 aromatic heterocycles. The molecule has 0 saturated carbocycles. The number of hydrogen-bond acceptors (Lipinski definition) is 4. The van der Waals surface area contributed by atoms with Crippen LogP contribution in [0.1, 0.15) is 63.0 Å². The minimum Gasteiger partial charge on any atom is -0.492 e. The molecule has 0 radical (unpaired) electrons. The highest BCUT2D eigenvalue weighted by Crippen LogP contribution is 2.31. The van der Waals surface area contributed by atoms with Gasteiger partial charge in [0.05, 0.1) is 12.3 Å². The number of carboxylic acids is 1. The lowest BCUT2D eigenvalue weighted by Gasteiger charge is -2.14. The van der Waals surface area contributed by atoms with E-state index < -0.39 is 11.8 Å². The Balaban J connectivity index is 1.63. The first-order chi connectivity index (χ1) is 15.9. The molecule has 0 fully saturated rings. The number of ether oxygens (including phenoxy) is 1. The van der Waals surface area contributed by atoms with Gasteiger partial charge in [-0.15, -0.1) is 0 Å². The summed E-state index contributed by atoms with van der Waals surface area (Å²) in [5.74, 6) is -1.38. The van der Waals surface area contributed by atoms with Crippen molar-refractivity contribution in [3.63, 3.8) is 0 Å². The Kier molecular flexibility index (Phi) is 6.44. The van der Waals surface area contributed by atoms with Crippen LogP contribution in [0, 0.1) is 12.7 Å². The van der Waals surface area contributed by atoms with Gasteiger partial charge in [0, 0.05) is 17.7 Å². The molecule has 33 heavy (non-hydrogen) atoms. The summed E-state index contributed by atoms with van der Waals surface area (Å²) in [6.45, 7) is 4.18. The Morgan fingerprint density at radius 2 is 1.97 bits per heavy atom. The molecule has 0 spiro atoms. The lowest BCUT2D eigenvalue weighted by Crippen LogP contribution is -2.24. The molecule has 2 aromatic carbocycles. The topological polar surface area (TPSA) is 93.5 Å². The second-order valence-electron chi connectivity index (χ2n) is 8.07. The van der Waals surface area contributed by atoms with E-state index in [9.17, 15) is 19.1 Å². The van der Waals surface area contributed by atoms with Gasteiger partial charge in [-0.05, 0) is 74.9 Å². The number of rotatable bonds is 7. The highest BCUT2D eigenvalue weighted by Gasteiger charge is 2.27. The molecule has 172 valence electrons. The van der Waals surface area contributed by atoms with Gasteiger partial charge in [-0.25, -0.2) is 13.9 Å². The predicted octanol–water partition coefficient (Wildman–Crippen LogP) is 4.23. The number of carbonyl (C=O) groups is 2. The second kappa shape index (κ2) is 9.44. The van der Waals surface area contributed by atoms with Crippen molar-refractivity contribution in [2.24, 2.45) is 0 Å². The lowest BCUT2D eigenvalue weighted by atomic mass is 9.96. The van der Waals surface area contributed by atoms with E-state index in [0.717, 1.165) is 36.1 Å². The van der Waals surface area contributed by atoms with Gasteiger partial charge in [0.1, 0.15) is 17.3 Å². The number of aromatic nitrogens is 2. The molecule has 2 N–H and O–H groups in total. The summed E-state index contributed by atoms with van der Waals surface area (Å²) >= 11 is 0. The summed E-state index contributed by atoms with van der Waals surface area (Å²) in [5.41, 5.74) is 4.06. The summed E-state index contributed by atoms with van der Waals surface area (Å²) < 4.78 is 20.8. The van der Waals surface area contributed by atoms with E-state index in [0.29, 0.717) is 30.0 Å². The zero-order valence-corrected chi connectivity index (χ0v) is 18.7. The minimum atomic E-state index is -1.02. The zero-order valence-electron chi connectivity index (χ0n) is 18.7. The Bertz CT molecular complexity index is 1220. The van der Waals surface area contributed by atoms with Crippen LogP contribution >= 0.6 is 0 Å². The van der Waals surface area contributed by atoms with Crippen molar-refractivity contribution in [3.8, 4) is 11.4 Å². The van der Waals surface area contributed by atoms with Crippen molar-refractivity contribution in [2.75, 3.05) is 6.61 Å². The van der Waals surface area contributed by atoms with Gasteiger partial charge >= 0.3 is 5.97 Å². The number of halogens is 1. The van der Waals surface area contributed by atoms with Gasteiger partial charge in [-0.2, -0.15) is 5.10 Å². The summed E-state index contributed by atoms with van der Waals surface area (Å²) in [4.78, 5) is 24.6. The van der Waals surface area contributed by atoms with Gasteiger partial charge < -0.3 is 15.2 Å². The van der Waals surface area contributed by atoms with E-state index in [1.807, 2.05) is 6.92 Å². The smallest absolute Gasteiger partial charge is 0.354 e. The van der Waals surface area contributed by atoms with Crippen LogP contribution in [0.2, 0.25) is 0 Å². The van der Waals surface area contributed by atoms with Crippen molar-refractivity contribution in [1.29, 1.82) is 0 Å². The van der Waals surface area contributed by atoms with Crippen LogP contribution in [0.5, 0.6) is 5.75 Å². The van der Waals surface area contributed by atoms with E-state index in [-0.39, 0.29) is 23.7 Å². The minimum absolute atomic E-state index is 0.174. The Hall–Kier alpha value is -3.68. The number of benzene rings is 2. The normalized spacial score (nSPS) is 12.8. The number of fused-ring (bicyclic) bond motifs is 1. The van der Waals surface area contributed by atoms with Crippen molar-refractivity contribution in [2.45, 2.75) is 46.1 Å². The Morgan fingerprint density at radius 1 is 1.18 bits per heavy atom. The first-order valence-corrected chi connectivity index (χ1v) is 11.0. The average molecular weight is 451 g/mol. The maximum Gasteiger partial charge on any atom is 0.354 e.